The Kier molecular flexibility index (Phi) is 5.42. The van der Waals surface area contributed by atoms with Crippen molar-refractivity contribution in [1.29, 1.82) is 0 Å². The van der Waals surface area contributed by atoms with Gasteiger partial charge in [-0.1, -0.05) is 0 Å². The molecule has 0 N–H and O–H groups in total. The SMILES string of the molecule is Cc1c(Oc2ccc(S(C)(=O)=O)cc2F)ncnc1OC1CC2CCC1N2C(=O)OC1(C)CC1. The topological polar surface area (TPSA) is 108 Å². The van der Waals surface area contributed by atoms with Gasteiger partial charge >= 0.3 is 6.09 Å². The zero-order valence-electron chi connectivity index (χ0n) is 19.2. The van der Waals surface area contributed by atoms with Crippen LogP contribution in [0.1, 0.15) is 44.6 Å². The molecule has 3 unspecified atom stereocenters. The van der Waals surface area contributed by atoms with Crippen LogP contribution in [0.15, 0.2) is 29.4 Å². The molecule has 1 aromatic heterocycles. The standard InChI is InChI=1S/C23H26FN3O6S/c1-13-20(31-18-7-5-15(11-16(18)24)34(3,29)30)25-12-26-21(13)32-19-10-14-4-6-17(19)27(14)22(28)33-23(2)8-9-23/h5,7,11-12,14,17,19H,4,6,8-10H2,1-3H3. The second kappa shape index (κ2) is 8.07. The number of rotatable bonds is 6. The van der Waals surface area contributed by atoms with Gasteiger partial charge in [0.2, 0.25) is 11.8 Å². The van der Waals surface area contributed by atoms with Crippen LogP contribution in [-0.2, 0) is 14.6 Å². The molecule has 2 aliphatic heterocycles. The lowest BCUT2D eigenvalue weighted by molar-refractivity contribution is 0.0482. The predicted molar refractivity (Wildman–Crippen MR) is 118 cm³/mol. The van der Waals surface area contributed by atoms with Crippen LogP contribution in [0.25, 0.3) is 0 Å². The molecule has 1 aliphatic carbocycles. The minimum Gasteiger partial charge on any atom is -0.472 e. The molecule has 2 bridgehead atoms. The molecule has 1 aromatic carbocycles. The van der Waals surface area contributed by atoms with Crippen LogP contribution in [0, 0.1) is 12.7 Å². The first-order chi connectivity index (χ1) is 16.0. The number of hydrogen-bond donors (Lipinski definition) is 0. The van der Waals surface area contributed by atoms with Crippen LogP contribution in [0.2, 0.25) is 0 Å². The minimum atomic E-state index is -3.54. The van der Waals surface area contributed by atoms with E-state index in [9.17, 15) is 17.6 Å². The highest BCUT2D eigenvalue weighted by molar-refractivity contribution is 7.90. The summed E-state index contributed by atoms with van der Waals surface area (Å²) in [6.07, 6.45) is 5.93. The number of nitrogens with zero attached hydrogens (tertiary/aromatic N) is 3. The summed E-state index contributed by atoms with van der Waals surface area (Å²) in [5, 5.41) is 0. The van der Waals surface area contributed by atoms with Gasteiger partial charge in [-0.05, 0) is 57.7 Å². The van der Waals surface area contributed by atoms with Gasteiger partial charge in [0.15, 0.2) is 21.4 Å². The summed E-state index contributed by atoms with van der Waals surface area (Å²) in [4.78, 5) is 22.7. The average molecular weight is 492 g/mol. The number of amides is 1. The van der Waals surface area contributed by atoms with Crippen LogP contribution < -0.4 is 9.47 Å². The van der Waals surface area contributed by atoms with Crippen molar-refractivity contribution in [1.82, 2.24) is 14.9 Å². The van der Waals surface area contributed by atoms with E-state index in [4.69, 9.17) is 14.2 Å². The van der Waals surface area contributed by atoms with E-state index in [1.807, 2.05) is 6.92 Å². The van der Waals surface area contributed by atoms with Crippen molar-refractivity contribution in [3.63, 3.8) is 0 Å². The van der Waals surface area contributed by atoms with Gasteiger partial charge in [0.25, 0.3) is 0 Å². The zero-order chi connectivity index (χ0) is 24.3. The Hall–Kier alpha value is -2.95. The van der Waals surface area contributed by atoms with Crippen LogP contribution in [0.5, 0.6) is 17.5 Å². The maximum Gasteiger partial charge on any atom is 0.410 e. The Morgan fingerprint density at radius 1 is 1.21 bits per heavy atom. The summed E-state index contributed by atoms with van der Waals surface area (Å²) in [5.41, 5.74) is 0.135. The summed E-state index contributed by atoms with van der Waals surface area (Å²) in [5.74, 6) is -0.604. The Morgan fingerprint density at radius 3 is 2.62 bits per heavy atom. The third-order valence-electron chi connectivity index (χ3n) is 6.77. The maximum absolute atomic E-state index is 14.5. The second-order valence-electron chi connectivity index (χ2n) is 9.49. The summed E-state index contributed by atoms with van der Waals surface area (Å²) in [7, 11) is -3.54. The van der Waals surface area contributed by atoms with Gasteiger partial charge in [-0.2, -0.15) is 0 Å². The Labute approximate surface area is 197 Å². The molecule has 182 valence electrons. The molecule has 3 aliphatic rings. The van der Waals surface area contributed by atoms with E-state index in [2.05, 4.69) is 9.97 Å². The molecular weight excluding hydrogens is 465 g/mol. The molecule has 1 saturated carbocycles. The van der Waals surface area contributed by atoms with Gasteiger partial charge in [-0.25, -0.2) is 27.6 Å². The first kappa shape index (κ1) is 22.8. The number of halogens is 1. The lowest BCUT2D eigenvalue weighted by Gasteiger charge is -2.26. The van der Waals surface area contributed by atoms with Gasteiger partial charge in [0, 0.05) is 18.7 Å². The Morgan fingerprint density at radius 2 is 1.94 bits per heavy atom. The van der Waals surface area contributed by atoms with Gasteiger partial charge in [-0.15, -0.1) is 0 Å². The number of carbonyl (C=O) groups is 1. The number of aromatic nitrogens is 2. The number of carbonyl (C=O) groups excluding carboxylic acids is 1. The molecule has 2 saturated heterocycles. The smallest absolute Gasteiger partial charge is 0.410 e. The fourth-order valence-corrected chi connectivity index (χ4v) is 5.20. The van der Waals surface area contributed by atoms with Crippen molar-refractivity contribution in [2.45, 2.75) is 74.6 Å². The molecule has 1 amide bonds. The number of benzene rings is 1. The van der Waals surface area contributed by atoms with Crippen molar-refractivity contribution in [3.8, 4) is 17.5 Å². The molecule has 5 rings (SSSR count). The normalized spacial score (nSPS) is 24.7. The van der Waals surface area contributed by atoms with Crippen molar-refractivity contribution >= 4 is 15.9 Å². The monoisotopic (exact) mass is 491 g/mol. The first-order valence-electron chi connectivity index (χ1n) is 11.2. The third kappa shape index (κ3) is 4.28. The maximum atomic E-state index is 14.5. The number of hydrogen-bond acceptors (Lipinski definition) is 8. The lowest BCUT2D eigenvalue weighted by Crippen LogP contribution is -2.41. The molecule has 3 atom stereocenters. The number of ether oxygens (including phenoxy) is 3. The molecule has 0 spiro atoms. The largest absolute Gasteiger partial charge is 0.472 e. The zero-order valence-corrected chi connectivity index (χ0v) is 20.0. The van der Waals surface area contributed by atoms with Gasteiger partial charge in [0.05, 0.1) is 16.5 Å². The van der Waals surface area contributed by atoms with E-state index in [-0.39, 0.29) is 52.3 Å². The number of sulfone groups is 1. The Bertz CT molecular complexity index is 1250. The van der Waals surface area contributed by atoms with Crippen LogP contribution in [0.3, 0.4) is 0 Å². The van der Waals surface area contributed by atoms with E-state index in [1.165, 1.54) is 18.5 Å². The van der Waals surface area contributed by atoms with Gasteiger partial charge < -0.3 is 14.2 Å². The van der Waals surface area contributed by atoms with Gasteiger partial charge in [-0.3, -0.25) is 4.90 Å². The fourth-order valence-electron chi connectivity index (χ4n) is 4.57. The van der Waals surface area contributed by atoms with Crippen LogP contribution in [0.4, 0.5) is 9.18 Å². The molecule has 34 heavy (non-hydrogen) atoms. The van der Waals surface area contributed by atoms with Crippen molar-refractivity contribution in [2.24, 2.45) is 0 Å². The molecule has 2 aromatic rings. The highest BCUT2D eigenvalue weighted by atomic mass is 32.2. The number of fused-ring (bicyclic) bond motifs is 2. The fraction of sp³-hybridized carbons (Fsp3) is 0.522. The van der Waals surface area contributed by atoms with Crippen molar-refractivity contribution < 1.29 is 31.8 Å². The third-order valence-corrected chi connectivity index (χ3v) is 7.88. The summed E-state index contributed by atoms with van der Waals surface area (Å²) in [6.45, 7) is 3.64. The summed E-state index contributed by atoms with van der Waals surface area (Å²) < 4.78 is 55.2. The molecule has 3 heterocycles. The molecule has 11 heteroatoms. The van der Waals surface area contributed by atoms with E-state index < -0.39 is 15.7 Å². The van der Waals surface area contributed by atoms with Crippen LogP contribution >= 0.6 is 0 Å². The van der Waals surface area contributed by atoms with E-state index in [0.717, 1.165) is 38.0 Å². The lowest BCUT2D eigenvalue weighted by atomic mass is 9.98. The minimum absolute atomic E-state index is 0.0742. The van der Waals surface area contributed by atoms with Gasteiger partial charge in [0.1, 0.15) is 18.0 Å². The van der Waals surface area contributed by atoms with Crippen LogP contribution in [-0.4, -0.2) is 59.4 Å². The van der Waals surface area contributed by atoms with E-state index in [1.54, 1.807) is 11.8 Å². The highest BCUT2D eigenvalue weighted by Gasteiger charge is 2.53. The molecule has 0 radical (unpaired) electrons. The molecular formula is C23H26FN3O6S. The molecule has 9 nitrogen and oxygen atoms in total. The average Bonchev–Trinajstić information content (AvgIpc) is 3.21. The van der Waals surface area contributed by atoms with E-state index >= 15 is 0 Å². The van der Waals surface area contributed by atoms with Crippen molar-refractivity contribution in [2.75, 3.05) is 6.26 Å². The first-order valence-corrected chi connectivity index (χ1v) is 13.1. The predicted octanol–water partition coefficient (Wildman–Crippen LogP) is 3.79. The second-order valence-corrected chi connectivity index (χ2v) is 11.5. The Balaban J connectivity index is 1.30. The van der Waals surface area contributed by atoms with Crippen molar-refractivity contribution in [3.05, 3.63) is 35.9 Å². The summed E-state index contributed by atoms with van der Waals surface area (Å²) >= 11 is 0. The molecule has 3 fully saturated rings. The van der Waals surface area contributed by atoms with E-state index in [0.29, 0.717) is 12.0 Å². The summed E-state index contributed by atoms with van der Waals surface area (Å²) in [6, 6.07) is 3.40. The quantitative estimate of drug-likeness (QED) is 0.601. The highest BCUT2D eigenvalue weighted by Crippen LogP contribution is 2.44.